The summed E-state index contributed by atoms with van der Waals surface area (Å²) in [5.41, 5.74) is 2.68. The van der Waals surface area contributed by atoms with Crippen LogP contribution in [0.5, 0.6) is 0 Å². The smallest absolute Gasteiger partial charge is 0.253 e. The van der Waals surface area contributed by atoms with E-state index in [1.54, 1.807) is 36.7 Å². The Morgan fingerprint density at radius 2 is 1.85 bits per heavy atom. The second-order valence-electron chi connectivity index (χ2n) is 6.75. The van der Waals surface area contributed by atoms with Crippen molar-refractivity contribution >= 4 is 5.91 Å². The van der Waals surface area contributed by atoms with Crippen molar-refractivity contribution in [1.82, 2.24) is 14.9 Å². The van der Waals surface area contributed by atoms with Crippen LogP contribution in [0.25, 0.3) is 11.3 Å². The summed E-state index contributed by atoms with van der Waals surface area (Å²) in [6, 6.07) is 15.8. The fraction of sp³-hybridized carbons (Fsp3) is 0.227. The van der Waals surface area contributed by atoms with Gasteiger partial charge in [-0.05, 0) is 49.2 Å². The molecule has 1 amide bonds. The molecule has 4 rings (SSSR count). The Bertz CT molecular complexity index is 945. The number of likely N-dealkylation sites (tertiary alicyclic amines) is 1. The third-order valence-electron chi connectivity index (χ3n) is 4.97. The van der Waals surface area contributed by atoms with Crippen LogP contribution in [0.3, 0.4) is 0 Å². The number of amides is 1. The molecule has 3 aromatic rings. The quantitative estimate of drug-likeness (QED) is 0.699. The molecule has 27 heavy (non-hydrogen) atoms. The van der Waals surface area contributed by atoms with Gasteiger partial charge in [-0.15, -0.1) is 0 Å². The van der Waals surface area contributed by atoms with E-state index in [-0.39, 0.29) is 17.6 Å². The van der Waals surface area contributed by atoms with Crippen LogP contribution in [0.2, 0.25) is 0 Å². The van der Waals surface area contributed by atoms with Crippen molar-refractivity contribution in [3.8, 4) is 11.3 Å². The Labute approximate surface area is 157 Å². The molecule has 0 spiro atoms. The summed E-state index contributed by atoms with van der Waals surface area (Å²) in [6.45, 7) is 1.36. The third kappa shape index (κ3) is 3.72. The normalized spacial score (nSPS) is 16.9. The van der Waals surface area contributed by atoms with Gasteiger partial charge < -0.3 is 4.90 Å². The molecule has 136 valence electrons. The molecule has 1 aliphatic heterocycles. The molecule has 1 atom stereocenters. The van der Waals surface area contributed by atoms with Crippen molar-refractivity contribution < 1.29 is 9.18 Å². The van der Waals surface area contributed by atoms with E-state index in [9.17, 15) is 9.18 Å². The first-order valence-corrected chi connectivity index (χ1v) is 9.13. The van der Waals surface area contributed by atoms with E-state index >= 15 is 0 Å². The van der Waals surface area contributed by atoms with Crippen molar-refractivity contribution in [1.29, 1.82) is 0 Å². The summed E-state index contributed by atoms with van der Waals surface area (Å²) in [5.74, 6) is -0.107. The van der Waals surface area contributed by atoms with Gasteiger partial charge in [0, 0.05) is 48.2 Å². The summed E-state index contributed by atoms with van der Waals surface area (Å²) in [5, 5.41) is 0. The lowest BCUT2D eigenvalue weighted by molar-refractivity contribution is 0.0706. The van der Waals surface area contributed by atoms with Gasteiger partial charge in [0.15, 0.2) is 0 Å². The molecular formula is C22H20FN3O. The number of halogens is 1. The molecule has 2 aromatic heterocycles. The first-order chi connectivity index (χ1) is 13.2. The minimum atomic E-state index is -0.278. The van der Waals surface area contributed by atoms with Gasteiger partial charge in [0.05, 0.1) is 5.69 Å². The molecular weight excluding hydrogens is 341 g/mol. The van der Waals surface area contributed by atoms with E-state index in [2.05, 4.69) is 4.98 Å². The lowest BCUT2D eigenvalue weighted by Crippen LogP contribution is -2.39. The number of nitrogens with zero attached hydrogens (tertiary/aromatic N) is 3. The molecule has 1 aromatic carbocycles. The van der Waals surface area contributed by atoms with Gasteiger partial charge in [-0.2, -0.15) is 0 Å². The predicted molar refractivity (Wildman–Crippen MR) is 102 cm³/mol. The molecule has 1 aliphatic rings. The van der Waals surface area contributed by atoms with Gasteiger partial charge in [-0.25, -0.2) is 4.39 Å². The molecule has 0 aliphatic carbocycles. The number of rotatable bonds is 3. The first-order valence-electron chi connectivity index (χ1n) is 9.13. The molecule has 0 radical (unpaired) electrons. The molecule has 5 heteroatoms. The van der Waals surface area contributed by atoms with Crippen LogP contribution in [0.15, 0.2) is 67.0 Å². The Balaban J connectivity index is 1.56. The van der Waals surface area contributed by atoms with E-state index in [0.29, 0.717) is 23.4 Å². The van der Waals surface area contributed by atoms with Gasteiger partial charge in [0.25, 0.3) is 5.91 Å². The average Bonchev–Trinajstić information content (AvgIpc) is 2.74. The standard InChI is InChI=1S/C22H20FN3O/c23-19-7-2-1-6-18(19)21-9-3-8-20(25-21)17-5-4-14-26(15-17)22(27)16-10-12-24-13-11-16/h1-3,6-13,17H,4-5,14-15H2/t17-/m1/s1. The summed E-state index contributed by atoms with van der Waals surface area (Å²) >= 11 is 0. The Morgan fingerprint density at radius 3 is 2.67 bits per heavy atom. The highest BCUT2D eigenvalue weighted by Crippen LogP contribution is 2.29. The van der Waals surface area contributed by atoms with Crippen LogP contribution < -0.4 is 0 Å². The zero-order valence-electron chi connectivity index (χ0n) is 14.9. The van der Waals surface area contributed by atoms with Crippen molar-refractivity contribution in [2.24, 2.45) is 0 Å². The lowest BCUT2D eigenvalue weighted by atomic mass is 9.93. The summed E-state index contributed by atoms with van der Waals surface area (Å²) in [7, 11) is 0. The van der Waals surface area contributed by atoms with Crippen LogP contribution in [0, 0.1) is 5.82 Å². The number of carbonyl (C=O) groups excluding carboxylic acids is 1. The van der Waals surface area contributed by atoms with Crippen LogP contribution in [0.1, 0.15) is 34.8 Å². The molecule has 3 heterocycles. The fourth-order valence-corrected chi connectivity index (χ4v) is 3.58. The topological polar surface area (TPSA) is 46.1 Å². The maximum atomic E-state index is 14.1. The second kappa shape index (κ2) is 7.66. The Kier molecular flexibility index (Phi) is 4.92. The maximum absolute atomic E-state index is 14.1. The van der Waals surface area contributed by atoms with Gasteiger partial charge in [-0.1, -0.05) is 18.2 Å². The van der Waals surface area contributed by atoms with Gasteiger partial charge in [0.2, 0.25) is 0 Å². The lowest BCUT2D eigenvalue weighted by Gasteiger charge is -2.32. The van der Waals surface area contributed by atoms with Crippen LogP contribution in [0.4, 0.5) is 4.39 Å². The van der Waals surface area contributed by atoms with E-state index in [0.717, 1.165) is 25.1 Å². The highest BCUT2D eigenvalue weighted by molar-refractivity contribution is 5.94. The van der Waals surface area contributed by atoms with Gasteiger partial charge in [-0.3, -0.25) is 14.8 Å². The molecule has 1 fully saturated rings. The minimum Gasteiger partial charge on any atom is -0.338 e. The molecule has 0 unspecified atom stereocenters. The number of benzene rings is 1. The SMILES string of the molecule is O=C(c1ccncc1)N1CCC[C@@H](c2cccc(-c3ccccc3F)n2)C1. The predicted octanol–water partition coefficient (Wildman–Crippen LogP) is 4.30. The van der Waals surface area contributed by atoms with Gasteiger partial charge in [0.1, 0.15) is 5.82 Å². The van der Waals surface area contributed by atoms with Crippen molar-refractivity contribution in [2.75, 3.05) is 13.1 Å². The molecule has 0 saturated carbocycles. The maximum Gasteiger partial charge on any atom is 0.253 e. The zero-order chi connectivity index (χ0) is 18.6. The monoisotopic (exact) mass is 361 g/mol. The van der Waals surface area contributed by atoms with E-state index < -0.39 is 0 Å². The number of hydrogen-bond acceptors (Lipinski definition) is 3. The highest BCUT2D eigenvalue weighted by Gasteiger charge is 2.26. The van der Waals surface area contributed by atoms with Crippen LogP contribution in [-0.4, -0.2) is 33.9 Å². The number of piperidine rings is 1. The fourth-order valence-electron chi connectivity index (χ4n) is 3.58. The number of pyridine rings is 2. The van der Waals surface area contributed by atoms with Crippen LogP contribution in [-0.2, 0) is 0 Å². The largest absolute Gasteiger partial charge is 0.338 e. The summed E-state index contributed by atoms with van der Waals surface area (Å²) in [6.07, 6.45) is 5.16. The third-order valence-corrected chi connectivity index (χ3v) is 4.97. The Morgan fingerprint density at radius 1 is 1.04 bits per heavy atom. The first kappa shape index (κ1) is 17.3. The highest BCUT2D eigenvalue weighted by atomic mass is 19.1. The van der Waals surface area contributed by atoms with Crippen LogP contribution >= 0.6 is 0 Å². The average molecular weight is 361 g/mol. The van der Waals surface area contributed by atoms with E-state index in [1.807, 2.05) is 29.2 Å². The minimum absolute atomic E-state index is 0.0207. The summed E-state index contributed by atoms with van der Waals surface area (Å²) in [4.78, 5) is 23.3. The van der Waals surface area contributed by atoms with Crippen molar-refractivity contribution in [3.63, 3.8) is 0 Å². The van der Waals surface area contributed by atoms with E-state index in [1.165, 1.54) is 6.07 Å². The molecule has 0 N–H and O–H groups in total. The molecule has 4 nitrogen and oxygen atoms in total. The number of aromatic nitrogens is 2. The zero-order valence-corrected chi connectivity index (χ0v) is 14.9. The summed E-state index contributed by atoms with van der Waals surface area (Å²) < 4.78 is 14.1. The number of hydrogen-bond donors (Lipinski definition) is 0. The molecule has 1 saturated heterocycles. The second-order valence-corrected chi connectivity index (χ2v) is 6.75. The van der Waals surface area contributed by atoms with Gasteiger partial charge >= 0.3 is 0 Å². The number of carbonyl (C=O) groups is 1. The van der Waals surface area contributed by atoms with Crippen molar-refractivity contribution in [3.05, 3.63) is 84.1 Å². The van der Waals surface area contributed by atoms with E-state index in [4.69, 9.17) is 4.98 Å². The van der Waals surface area contributed by atoms with Crippen molar-refractivity contribution in [2.45, 2.75) is 18.8 Å². The molecule has 0 bridgehead atoms. The Hall–Kier alpha value is -3.08.